The number of aromatic amines is 1. The molecule has 1 N–H and O–H groups in total. The SMILES string of the molecule is CCCCC(CC)c1nn[nH]n1. The van der Waals surface area contributed by atoms with Crippen molar-refractivity contribution >= 4 is 0 Å². The normalized spacial score (nSPS) is 13.2. The van der Waals surface area contributed by atoms with E-state index in [4.69, 9.17) is 0 Å². The van der Waals surface area contributed by atoms with Crippen LogP contribution in [0, 0.1) is 0 Å². The van der Waals surface area contributed by atoms with E-state index >= 15 is 0 Å². The largest absolute Gasteiger partial charge is 0.177 e. The van der Waals surface area contributed by atoms with E-state index in [0.29, 0.717) is 5.92 Å². The van der Waals surface area contributed by atoms with Gasteiger partial charge in [0, 0.05) is 5.92 Å². The quantitative estimate of drug-likeness (QED) is 0.730. The molecule has 0 saturated carbocycles. The molecule has 0 aliphatic carbocycles. The fourth-order valence-electron chi connectivity index (χ4n) is 1.31. The number of aromatic nitrogens is 4. The van der Waals surface area contributed by atoms with Crippen molar-refractivity contribution in [1.82, 2.24) is 20.6 Å². The van der Waals surface area contributed by atoms with Crippen LogP contribution in [0.1, 0.15) is 51.3 Å². The van der Waals surface area contributed by atoms with Crippen molar-refractivity contribution in [3.63, 3.8) is 0 Å². The second-order valence-electron chi connectivity index (χ2n) is 3.02. The first kappa shape index (κ1) is 9.16. The fraction of sp³-hybridized carbons (Fsp3) is 0.875. The molecule has 1 aromatic rings. The molecule has 0 aliphatic heterocycles. The van der Waals surface area contributed by atoms with E-state index in [2.05, 4.69) is 34.5 Å². The maximum atomic E-state index is 3.99. The Balaban J connectivity index is 2.45. The van der Waals surface area contributed by atoms with Crippen LogP contribution in [-0.4, -0.2) is 20.6 Å². The molecule has 0 spiro atoms. The van der Waals surface area contributed by atoms with Gasteiger partial charge in [0.15, 0.2) is 5.82 Å². The molecular weight excluding hydrogens is 152 g/mol. The third-order valence-electron chi connectivity index (χ3n) is 2.13. The average Bonchev–Trinajstić information content (AvgIpc) is 2.59. The van der Waals surface area contributed by atoms with Crippen LogP contribution in [0.5, 0.6) is 0 Å². The number of hydrogen-bond donors (Lipinski definition) is 1. The van der Waals surface area contributed by atoms with Crippen LogP contribution in [0.25, 0.3) is 0 Å². The molecule has 0 radical (unpaired) electrons. The zero-order valence-electron chi connectivity index (χ0n) is 7.75. The van der Waals surface area contributed by atoms with Crippen molar-refractivity contribution in [3.8, 4) is 0 Å². The molecule has 0 amide bonds. The molecule has 4 nitrogen and oxygen atoms in total. The molecular formula is C8H16N4. The Morgan fingerprint density at radius 3 is 2.75 bits per heavy atom. The molecule has 1 atom stereocenters. The predicted molar refractivity (Wildman–Crippen MR) is 46.7 cm³/mol. The zero-order chi connectivity index (χ0) is 8.81. The van der Waals surface area contributed by atoms with Gasteiger partial charge in [-0.05, 0) is 12.8 Å². The van der Waals surface area contributed by atoms with Crippen LogP contribution >= 0.6 is 0 Å². The van der Waals surface area contributed by atoms with Crippen LogP contribution in [0.15, 0.2) is 0 Å². The Hall–Kier alpha value is -0.930. The Kier molecular flexibility index (Phi) is 3.70. The molecule has 68 valence electrons. The predicted octanol–water partition coefficient (Wildman–Crippen LogP) is 1.88. The van der Waals surface area contributed by atoms with Crippen molar-refractivity contribution in [2.75, 3.05) is 0 Å². The maximum absolute atomic E-state index is 3.99. The number of unbranched alkanes of at least 4 members (excludes halogenated alkanes) is 1. The summed E-state index contributed by atoms with van der Waals surface area (Å²) in [5.41, 5.74) is 0. The minimum Gasteiger partial charge on any atom is -0.177 e. The first-order valence-corrected chi connectivity index (χ1v) is 4.61. The van der Waals surface area contributed by atoms with Gasteiger partial charge in [-0.2, -0.15) is 5.21 Å². The summed E-state index contributed by atoms with van der Waals surface area (Å²) in [5, 5.41) is 14.0. The second-order valence-corrected chi connectivity index (χ2v) is 3.02. The molecule has 0 aromatic carbocycles. The molecule has 0 fully saturated rings. The van der Waals surface area contributed by atoms with E-state index in [0.717, 1.165) is 12.2 Å². The minimum absolute atomic E-state index is 0.490. The van der Waals surface area contributed by atoms with E-state index in [1.165, 1.54) is 19.3 Å². The monoisotopic (exact) mass is 168 g/mol. The number of hydrogen-bond acceptors (Lipinski definition) is 3. The molecule has 0 bridgehead atoms. The number of nitrogens with zero attached hydrogens (tertiary/aromatic N) is 3. The third-order valence-corrected chi connectivity index (χ3v) is 2.13. The van der Waals surface area contributed by atoms with Gasteiger partial charge in [-0.1, -0.05) is 31.9 Å². The lowest BCUT2D eigenvalue weighted by Crippen LogP contribution is -1.99. The average molecular weight is 168 g/mol. The topological polar surface area (TPSA) is 54.5 Å². The Bertz CT molecular complexity index is 195. The third kappa shape index (κ3) is 2.29. The highest BCUT2D eigenvalue weighted by Crippen LogP contribution is 2.20. The molecule has 12 heavy (non-hydrogen) atoms. The number of nitrogens with one attached hydrogen (secondary N) is 1. The summed E-state index contributed by atoms with van der Waals surface area (Å²) in [4.78, 5) is 0. The minimum atomic E-state index is 0.490. The molecule has 1 aromatic heterocycles. The summed E-state index contributed by atoms with van der Waals surface area (Å²) >= 11 is 0. The van der Waals surface area contributed by atoms with Crippen LogP contribution in [-0.2, 0) is 0 Å². The van der Waals surface area contributed by atoms with Gasteiger partial charge in [0.1, 0.15) is 0 Å². The summed E-state index contributed by atoms with van der Waals surface area (Å²) in [6, 6.07) is 0. The van der Waals surface area contributed by atoms with Crippen LogP contribution < -0.4 is 0 Å². The van der Waals surface area contributed by atoms with Gasteiger partial charge < -0.3 is 0 Å². The lowest BCUT2D eigenvalue weighted by molar-refractivity contribution is 0.544. The first-order chi connectivity index (χ1) is 5.88. The van der Waals surface area contributed by atoms with Crippen LogP contribution in [0.2, 0.25) is 0 Å². The van der Waals surface area contributed by atoms with E-state index in [-0.39, 0.29) is 0 Å². The molecule has 4 heteroatoms. The summed E-state index contributed by atoms with van der Waals surface area (Å²) in [7, 11) is 0. The van der Waals surface area contributed by atoms with Crippen molar-refractivity contribution < 1.29 is 0 Å². The highest BCUT2D eigenvalue weighted by molar-refractivity contribution is 4.89. The Morgan fingerprint density at radius 1 is 1.42 bits per heavy atom. The molecule has 1 rings (SSSR count). The maximum Gasteiger partial charge on any atom is 0.177 e. The summed E-state index contributed by atoms with van der Waals surface area (Å²) in [6.07, 6.45) is 4.74. The van der Waals surface area contributed by atoms with Gasteiger partial charge in [0.05, 0.1) is 0 Å². The van der Waals surface area contributed by atoms with Gasteiger partial charge in [0.2, 0.25) is 0 Å². The fourth-order valence-corrected chi connectivity index (χ4v) is 1.31. The van der Waals surface area contributed by atoms with Gasteiger partial charge >= 0.3 is 0 Å². The highest BCUT2D eigenvalue weighted by Gasteiger charge is 2.12. The zero-order valence-corrected chi connectivity index (χ0v) is 7.75. The number of rotatable bonds is 5. The van der Waals surface area contributed by atoms with Crippen molar-refractivity contribution in [2.24, 2.45) is 0 Å². The highest BCUT2D eigenvalue weighted by atomic mass is 15.5. The Morgan fingerprint density at radius 2 is 2.25 bits per heavy atom. The summed E-state index contributed by atoms with van der Waals surface area (Å²) < 4.78 is 0. The number of H-pyrrole nitrogens is 1. The summed E-state index contributed by atoms with van der Waals surface area (Å²) in [5.74, 6) is 1.36. The van der Waals surface area contributed by atoms with E-state index in [9.17, 15) is 0 Å². The van der Waals surface area contributed by atoms with E-state index in [1.807, 2.05) is 0 Å². The Labute approximate surface area is 72.8 Å². The smallest absolute Gasteiger partial charge is 0.177 e. The first-order valence-electron chi connectivity index (χ1n) is 4.61. The number of tetrazole rings is 1. The van der Waals surface area contributed by atoms with Gasteiger partial charge in [-0.3, -0.25) is 0 Å². The van der Waals surface area contributed by atoms with Crippen molar-refractivity contribution in [1.29, 1.82) is 0 Å². The van der Waals surface area contributed by atoms with Gasteiger partial charge in [-0.25, -0.2) is 0 Å². The van der Waals surface area contributed by atoms with Crippen LogP contribution in [0.4, 0.5) is 0 Å². The van der Waals surface area contributed by atoms with Gasteiger partial charge in [0.25, 0.3) is 0 Å². The van der Waals surface area contributed by atoms with E-state index in [1.54, 1.807) is 0 Å². The second kappa shape index (κ2) is 4.85. The standard InChI is InChI=1S/C8H16N4/c1-3-5-6-7(4-2)8-9-11-12-10-8/h7H,3-6H2,1-2H3,(H,9,10,11,12). The lowest BCUT2D eigenvalue weighted by atomic mass is 9.99. The molecule has 1 heterocycles. The van der Waals surface area contributed by atoms with Crippen molar-refractivity contribution in [3.05, 3.63) is 5.82 Å². The van der Waals surface area contributed by atoms with Crippen LogP contribution in [0.3, 0.4) is 0 Å². The molecule has 1 unspecified atom stereocenters. The molecule has 0 saturated heterocycles. The molecule has 0 aliphatic rings. The van der Waals surface area contributed by atoms with Gasteiger partial charge in [-0.15, -0.1) is 10.2 Å². The lowest BCUT2D eigenvalue weighted by Gasteiger charge is -2.08. The van der Waals surface area contributed by atoms with Crippen molar-refractivity contribution in [2.45, 2.75) is 45.4 Å². The summed E-state index contributed by atoms with van der Waals surface area (Å²) in [6.45, 7) is 4.36. The van der Waals surface area contributed by atoms with E-state index < -0.39 is 0 Å².